The molecular formula is C16H23O2Si. The Kier molecular flexibility index (Phi) is 6.14. The van der Waals surface area contributed by atoms with E-state index in [1.165, 1.54) is 0 Å². The Hall–Kier alpha value is -1.24. The summed E-state index contributed by atoms with van der Waals surface area (Å²) in [7, 11) is 0.827. The highest BCUT2D eigenvalue weighted by molar-refractivity contribution is 6.54. The molecule has 0 saturated carbocycles. The summed E-state index contributed by atoms with van der Waals surface area (Å²) in [5.41, 5.74) is 3.11. The molecule has 0 aliphatic rings. The van der Waals surface area contributed by atoms with Gasteiger partial charge in [-0.1, -0.05) is 39.7 Å². The lowest BCUT2D eigenvalue weighted by atomic mass is 10.1. The fourth-order valence-electron chi connectivity index (χ4n) is 2.10. The molecule has 0 spiro atoms. The lowest BCUT2D eigenvalue weighted by Crippen LogP contribution is -2.25. The summed E-state index contributed by atoms with van der Waals surface area (Å²) in [6.45, 7) is 9.50. The Morgan fingerprint density at radius 1 is 1.21 bits per heavy atom. The molecule has 103 valence electrons. The van der Waals surface area contributed by atoms with Crippen LogP contribution in [-0.4, -0.2) is 16.2 Å². The van der Waals surface area contributed by atoms with Crippen LogP contribution in [0, 0.1) is 12.3 Å². The molecule has 0 aliphatic carbocycles. The summed E-state index contributed by atoms with van der Waals surface area (Å²) in [6, 6.07) is 5.81. The van der Waals surface area contributed by atoms with Gasteiger partial charge in [-0.2, -0.15) is 0 Å². The molecule has 0 N–H and O–H groups in total. The van der Waals surface area contributed by atoms with Crippen LogP contribution in [-0.2, 0) is 11.0 Å². The van der Waals surface area contributed by atoms with E-state index in [0.717, 1.165) is 16.9 Å². The first-order chi connectivity index (χ1) is 8.99. The van der Waals surface area contributed by atoms with Crippen molar-refractivity contribution < 1.29 is 9.16 Å². The Balaban J connectivity index is 2.80. The van der Waals surface area contributed by atoms with Crippen molar-refractivity contribution in [2.75, 3.05) is 7.11 Å². The molecule has 1 radical (unpaired) electrons. The maximum Gasteiger partial charge on any atom is 0.217 e. The smallest absolute Gasteiger partial charge is 0.217 e. The van der Waals surface area contributed by atoms with Crippen molar-refractivity contribution >= 4 is 9.04 Å². The van der Waals surface area contributed by atoms with Crippen LogP contribution < -0.4 is 4.74 Å². The van der Waals surface area contributed by atoms with Crippen molar-refractivity contribution in [3.05, 3.63) is 29.3 Å². The Morgan fingerprint density at radius 3 is 2.32 bits per heavy atom. The second-order valence-electron chi connectivity index (χ2n) is 5.17. The predicted octanol–water partition coefficient (Wildman–Crippen LogP) is 4.00. The zero-order valence-corrected chi connectivity index (χ0v) is 13.5. The monoisotopic (exact) mass is 275 g/mol. The van der Waals surface area contributed by atoms with Crippen LogP contribution in [0.2, 0.25) is 11.1 Å². The Bertz CT molecular complexity index is 439. The van der Waals surface area contributed by atoms with Crippen molar-refractivity contribution in [1.82, 2.24) is 0 Å². The van der Waals surface area contributed by atoms with Crippen LogP contribution >= 0.6 is 0 Å². The van der Waals surface area contributed by atoms with Crippen LogP contribution in [0.3, 0.4) is 0 Å². The standard InChI is InChI=1S/C16H23O2Si/c1-7-14-10-16(17-6)9-8-15(14)11-18-19(12(2)3)13(4)5/h1,8-10,12-13H,11H2,2-6H3. The van der Waals surface area contributed by atoms with Crippen molar-refractivity contribution in [1.29, 1.82) is 0 Å². The molecule has 0 saturated heterocycles. The zero-order chi connectivity index (χ0) is 14.4. The van der Waals surface area contributed by atoms with Gasteiger partial charge in [0.15, 0.2) is 0 Å². The van der Waals surface area contributed by atoms with E-state index in [1.54, 1.807) is 7.11 Å². The van der Waals surface area contributed by atoms with Gasteiger partial charge in [0.2, 0.25) is 9.04 Å². The second-order valence-corrected chi connectivity index (χ2v) is 8.57. The first-order valence-corrected chi connectivity index (χ1v) is 8.19. The van der Waals surface area contributed by atoms with Gasteiger partial charge >= 0.3 is 0 Å². The van der Waals surface area contributed by atoms with Crippen LogP contribution in [0.25, 0.3) is 0 Å². The fourth-order valence-corrected chi connectivity index (χ4v) is 4.43. The number of hydrogen-bond donors (Lipinski definition) is 0. The van der Waals surface area contributed by atoms with E-state index in [4.69, 9.17) is 15.6 Å². The van der Waals surface area contributed by atoms with Crippen molar-refractivity contribution in [2.45, 2.75) is 45.4 Å². The Labute approximate surface area is 118 Å². The molecule has 1 rings (SSSR count). The van der Waals surface area contributed by atoms with Crippen molar-refractivity contribution in [3.8, 4) is 18.1 Å². The summed E-state index contributed by atoms with van der Waals surface area (Å²) >= 11 is 0. The fraction of sp³-hybridized carbons (Fsp3) is 0.500. The van der Waals surface area contributed by atoms with Crippen molar-refractivity contribution in [3.63, 3.8) is 0 Å². The zero-order valence-electron chi connectivity index (χ0n) is 12.5. The number of hydrogen-bond acceptors (Lipinski definition) is 2. The van der Waals surface area contributed by atoms with Gasteiger partial charge < -0.3 is 9.16 Å². The summed E-state index contributed by atoms with van der Waals surface area (Å²) < 4.78 is 11.3. The van der Waals surface area contributed by atoms with Crippen LogP contribution in [0.1, 0.15) is 38.8 Å². The minimum Gasteiger partial charge on any atom is -0.497 e. The third-order valence-corrected chi connectivity index (χ3v) is 5.76. The average molecular weight is 275 g/mol. The second kappa shape index (κ2) is 7.37. The van der Waals surface area contributed by atoms with Crippen LogP contribution in [0.4, 0.5) is 0 Å². The molecule has 3 heteroatoms. The minimum atomic E-state index is -0.816. The number of methoxy groups -OCH3 is 1. The number of benzene rings is 1. The molecule has 0 atom stereocenters. The quantitative estimate of drug-likeness (QED) is 0.577. The maximum atomic E-state index is 6.13. The van der Waals surface area contributed by atoms with Gasteiger partial charge in [-0.25, -0.2) is 0 Å². The minimum absolute atomic E-state index is 0.591. The highest BCUT2D eigenvalue weighted by Crippen LogP contribution is 2.24. The number of rotatable bonds is 6. The topological polar surface area (TPSA) is 18.5 Å². The van der Waals surface area contributed by atoms with Gasteiger partial charge in [0.25, 0.3) is 0 Å². The SMILES string of the molecule is C#Cc1cc(OC)ccc1CO[Si](C(C)C)C(C)C. The van der Waals surface area contributed by atoms with Gasteiger partial charge in [-0.05, 0) is 28.8 Å². The molecule has 1 aromatic rings. The Morgan fingerprint density at radius 2 is 1.84 bits per heavy atom. The van der Waals surface area contributed by atoms with E-state index in [9.17, 15) is 0 Å². The largest absolute Gasteiger partial charge is 0.497 e. The molecule has 1 aromatic carbocycles. The molecular weight excluding hydrogens is 252 g/mol. The third kappa shape index (κ3) is 4.41. The molecule has 19 heavy (non-hydrogen) atoms. The summed E-state index contributed by atoms with van der Waals surface area (Å²) in [6.07, 6.45) is 5.55. The highest BCUT2D eigenvalue weighted by Gasteiger charge is 2.22. The van der Waals surface area contributed by atoms with E-state index in [-0.39, 0.29) is 0 Å². The molecule has 0 heterocycles. The van der Waals surface area contributed by atoms with Gasteiger partial charge in [-0.15, -0.1) is 6.42 Å². The van der Waals surface area contributed by atoms with Crippen LogP contribution in [0.5, 0.6) is 5.75 Å². The normalized spacial score (nSPS) is 11.1. The van der Waals surface area contributed by atoms with Gasteiger partial charge in [-0.3, -0.25) is 0 Å². The average Bonchev–Trinajstić information content (AvgIpc) is 2.38. The molecule has 2 nitrogen and oxygen atoms in total. The van der Waals surface area contributed by atoms with Gasteiger partial charge in [0.1, 0.15) is 5.75 Å². The highest BCUT2D eigenvalue weighted by atomic mass is 28.3. The van der Waals surface area contributed by atoms with E-state index in [1.807, 2.05) is 18.2 Å². The molecule has 0 bridgehead atoms. The number of ether oxygens (including phenoxy) is 1. The summed E-state index contributed by atoms with van der Waals surface area (Å²) in [4.78, 5) is 0. The molecule has 0 unspecified atom stereocenters. The maximum absolute atomic E-state index is 6.13. The first kappa shape index (κ1) is 15.8. The lowest BCUT2D eigenvalue weighted by molar-refractivity contribution is 0.295. The lowest BCUT2D eigenvalue weighted by Gasteiger charge is -2.22. The van der Waals surface area contributed by atoms with E-state index in [0.29, 0.717) is 17.7 Å². The first-order valence-electron chi connectivity index (χ1n) is 6.62. The molecule has 0 amide bonds. The molecule has 0 fully saturated rings. The number of terminal acetylenes is 1. The third-order valence-electron chi connectivity index (χ3n) is 3.00. The molecule has 0 aromatic heterocycles. The van der Waals surface area contributed by atoms with Gasteiger partial charge in [0.05, 0.1) is 13.7 Å². The van der Waals surface area contributed by atoms with Crippen LogP contribution in [0.15, 0.2) is 18.2 Å². The molecule has 0 aliphatic heterocycles. The summed E-state index contributed by atoms with van der Waals surface area (Å²) in [5.74, 6) is 3.49. The van der Waals surface area contributed by atoms with Crippen molar-refractivity contribution in [2.24, 2.45) is 0 Å². The van der Waals surface area contributed by atoms with Gasteiger partial charge in [0, 0.05) is 5.56 Å². The predicted molar refractivity (Wildman–Crippen MR) is 81.7 cm³/mol. The van der Waals surface area contributed by atoms with E-state index >= 15 is 0 Å². The summed E-state index contributed by atoms with van der Waals surface area (Å²) in [5, 5.41) is 0. The van der Waals surface area contributed by atoms with E-state index < -0.39 is 9.04 Å². The van der Waals surface area contributed by atoms with E-state index in [2.05, 4.69) is 33.6 Å².